The number of halogens is 1. The van der Waals surface area contributed by atoms with Gasteiger partial charge in [0.1, 0.15) is 17.4 Å². The Hall–Kier alpha value is -2.93. The second-order valence-corrected chi connectivity index (χ2v) is 7.91. The van der Waals surface area contributed by atoms with Gasteiger partial charge in [-0.15, -0.1) is 0 Å². The van der Waals surface area contributed by atoms with Crippen molar-refractivity contribution in [3.05, 3.63) is 53.8 Å². The van der Waals surface area contributed by atoms with Crippen LogP contribution in [-0.2, 0) is 6.54 Å². The minimum absolute atomic E-state index is 0.237. The summed E-state index contributed by atoms with van der Waals surface area (Å²) < 4.78 is 19.1. The zero-order valence-corrected chi connectivity index (χ0v) is 17.7. The second-order valence-electron chi connectivity index (χ2n) is 7.91. The summed E-state index contributed by atoms with van der Waals surface area (Å²) in [6.45, 7) is 8.21. The standard InChI is InChI=1S/C23H28FN5O/c1-16(2)25-22-19-6-4-5-7-20(19)26-23(27-22)29-12-10-28(11-13-29)15-17-14-18(24)8-9-21(17)30-3/h4-9,14,16H,10-13,15H2,1-3H3,(H,25,26,27). The molecule has 0 radical (unpaired) electrons. The SMILES string of the molecule is COc1ccc(F)cc1CN1CCN(c2nc(NC(C)C)c3ccccc3n2)CC1. The minimum Gasteiger partial charge on any atom is -0.496 e. The number of methoxy groups -OCH3 is 1. The van der Waals surface area contributed by atoms with Crippen LogP contribution in [0.15, 0.2) is 42.5 Å². The number of fused-ring (bicyclic) bond motifs is 1. The van der Waals surface area contributed by atoms with Gasteiger partial charge in [-0.05, 0) is 44.2 Å². The molecule has 1 N–H and O–H groups in total. The fourth-order valence-corrected chi connectivity index (χ4v) is 3.81. The molecule has 7 heteroatoms. The van der Waals surface area contributed by atoms with Gasteiger partial charge in [-0.3, -0.25) is 4.90 Å². The highest BCUT2D eigenvalue weighted by Gasteiger charge is 2.21. The number of nitrogens with zero attached hydrogens (tertiary/aromatic N) is 4. The van der Waals surface area contributed by atoms with E-state index in [0.717, 1.165) is 60.2 Å². The lowest BCUT2D eigenvalue weighted by molar-refractivity contribution is 0.244. The van der Waals surface area contributed by atoms with Crippen LogP contribution in [0.25, 0.3) is 10.9 Å². The van der Waals surface area contributed by atoms with Crippen LogP contribution >= 0.6 is 0 Å². The van der Waals surface area contributed by atoms with Crippen LogP contribution in [0.3, 0.4) is 0 Å². The van der Waals surface area contributed by atoms with Gasteiger partial charge in [-0.2, -0.15) is 4.98 Å². The molecule has 1 aliphatic rings. The van der Waals surface area contributed by atoms with E-state index in [4.69, 9.17) is 14.7 Å². The van der Waals surface area contributed by atoms with Crippen molar-refractivity contribution in [2.45, 2.75) is 26.4 Å². The van der Waals surface area contributed by atoms with Crippen LogP contribution in [0.5, 0.6) is 5.75 Å². The summed E-state index contributed by atoms with van der Waals surface area (Å²) in [5.41, 5.74) is 1.81. The molecule has 0 spiro atoms. The molecule has 0 amide bonds. The average molecular weight is 410 g/mol. The normalized spacial score (nSPS) is 15.0. The number of anilines is 2. The molecule has 0 aliphatic carbocycles. The fourth-order valence-electron chi connectivity index (χ4n) is 3.81. The van der Waals surface area contributed by atoms with Crippen LogP contribution in [0.1, 0.15) is 19.4 Å². The predicted octanol–water partition coefficient (Wildman–Crippen LogP) is 3.92. The lowest BCUT2D eigenvalue weighted by Crippen LogP contribution is -2.46. The Morgan fingerprint density at radius 1 is 1.07 bits per heavy atom. The van der Waals surface area contributed by atoms with Crippen molar-refractivity contribution in [2.24, 2.45) is 0 Å². The van der Waals surface area contributed by atoms with E-state index in [-0.39, 0.29) is 11.9 Å². The predicted molar refractivity (Wildman–Crippen MR) is 119 cm³/mol. The monoisotopic (exact) mass is 409 g/mol. The van der Waals surface area contributed by atoms with Crippen LogP contribution in [0, 0.1) is 5.82 Å². The number of benzene rings is 2. The van der Waals surface area contributed by atoms with Crippen LogP contribution in [-0.4, -0.2) is 54.2 Å². The summed E-state index contributed by atoms with van der Waals surface area (Å²) in [4.78, 5) is 14.2. The molecular formula is C23H28FN5O. The van der Waals surface area contributed by atoms with E-state index in [1.54, 1.807) is 19.2 Å². The highest BCUT2D eigenvalue weighted by Crippen LogP contribution is 2.26. The third-order valence-corrected chi connectivity index (χ3v) is 5.31. The number of aromatic nitrogens is 2. The van der Waals surface area contributed by atoms with E-state index >= 15 is 0 Å². The molecule has 0 bridgehead atoms. The van der Waals surface area contributed by atoms with Crippen molar-refractivity contribution >= 4 is 22.7 Å². The molecule has 158 valence electrons. The van der Waals surface area contributed by atoms with Gasteiger partial charge in [-0.25, -0.2) is 9.37 Å². The molecule has 1 aliphatic heterocycles. The molecule has 2 aromatic carbocycles. The maximum atomic E-state index is 13.7. The van der Waals surface area contributed by atoms with E-state index in [9.17, 15) is 4.39 Å². The quantitative estimate of drug-likeness (QED) is 0.666. The fraction of sp³-hybridized carbons (Fsp3) is 0.391. The molecule has 4 rings (SSSR count). The lowest BCUT2D eigenvalue weighted by Gasteiger charge is -2.35. The Labute approximate surface area is 176 Å². The first-order chi connectivity index (χ1) is 14.5. The molecule has 30 heavy (non-hydrogen) atoms. The van der Waals surface area contributed by atoms with E-state index < -0.39 is 0 Å². The number of ether oxygens (including phenoxy) is 1. The lowest BCUT2D eigenvalue weighted by atomic mass is 10.1. The first kappa shape index (κ1) is 20.3. The first-order valence-corrected chi connectivity index (χ1v) is 10.4. The molecule has 0 atom stereocenters. The smallest absolute Gasteiger partial charge is 0.227 e. The number of para-hydroxylation sites is 1. The van der Waals surface area contributed by atoms with Crippen LogP contribution in [0.4, 0.5) is 16.2 Å². The van der Waals surface area contributed by atoms with E-state index in [0.29, 0.717) is 6.54 Å². The van der Waals surface area contributed by atoms with Crippen molar-refractivity contribution in [2.75, 3.05) is 43.5 Å². The highest BCUT2D eigenvalue weighted by molar-refractivity contribution is 5.90. The summed E-state index contributed by atoms with van der Waals surface area (Å²) in [6.07, 6.45) is 0. The Balaban J connectivity index is 1.49. The Morgan fingerprint density at radius 3 is 2.57 bits per heavy atom. The second kappa shape index (κ2) is 8.83. The third-order valence-electron chi connectivity index (χ3n) is 5.31. The van der Waals surface area contributed by atoms with Crippen molar-refractivity contribution in [1.29, 1.82) is 0 Å². The van der Waals surface area contributed by atoms with Crippen molar-refractivity contribution in [1.82, 2.24) is 14.9 Å². The van der Waals surface area contributed by atoms with E-state index in [1.807, 2.05) is 24.3 Å². The van der Waals surface area contributed by atoms with Crippen LogP contribution in [0.2, 0.25) is 0 Å². The minimum atomic E-state index is -0.237. The molecule has 1 saturated heterocycles. The topological polar surface area (TPSA) is 53.5 Å². The van der Waals surface area contributed by atoms with Gasteiger partial charge in [0.05, 0.1) is 12.6 Å². The highest BCUT2D eigenvalue weighted by atomic mass is 19.1. The number of piperazine rings is 1. The maximum Gasteiger partial charge on any atom is 0.227 e. The molecule has 0 saturated carbocycles. The van der Waals surface area contributed by atoms with Gasteiger partial charge in [-0.1, -0.05) is 12.1 Å². The summed E-state index contributed by atoms with van der Waals surface area (Å²) in [6, 6.07) is 13.1. The average Bonchev–Trinajstić information content (AvgIpc) is 2.74. The molecule has 3 aromatic rings. The summed E-state index contributed by atoms with van der Waals surface area (Å²) in [7, 11) is 1.62. The number of hydrogen-bond donors (Lipinski definition) is 1. The number of rotatable bonds is 6. The maximum absolute atomic E-state index is 13.7. The molecule has 2 heterocycles. The van der Waals surface area contributed by atoms with E-state index in [1.165, 1.54) is 6.07 Å². The van der Waals surface area contributed by atoms with Crippen molar-refractivity contribution in [3.63, 3.8) is 0 Å². The van der Waals surface area contributed by atoms with Gasteiger partial charge in [0.25, 0.3) is 0 Å². The number of nitrogens with one attached hydrogen (secondary N) is 1. The Bertz CT molecular complexity index is 1020. The van der Waals surface area contributed by atoms with Gasteiger partial charge in [0.2, 0.25) is 5.95 Å². The van der Waals surface area contributed by atoms with Gasteiger partial charge >= 0.3 is 0 Å². The molecular weight excluding hydrogens is 381 g/mol. The third kappa shape index (κ3) is 4.46. The Morgan fingerprint density at radius 2 is 1.83 bits per heavy atom. The first-order valence-electron chi connectivity index (χ1n) is 10.4. The molecule has 1 aromatic heterocycles. The molecule has 0 unspecified atom stereocenters. The summed E-state index contributed by atoms with van der Waals surface area (Å²) in [5.74, 6) is 2.11. The molecule has 6 nitrogen and oxygen atoms in total. The van der Waals surface area contributed by atoms with Crippen LogP contribution < -0.4 is 15.0 Å². The van der Waals surface area contributed by atoms with Gasteiger partial charge < -0.3 is 15.0 Å². The number of hydrogen-bond acceptors (Lipinski definition) is 6. The van der Waals surface area contributed by atoms with E-state index in [2.05, 4.69) is 29.0 Å². The van der Waals surface area contributed by atoms with Crippen molar-refractivity contribution in [3.8, 4) is 5.75 Å². The molecule has 1 fully saturated rings. The summed E-state index contributed by atoms with van der Waals surface area (Å²) >= 11 is 0. The Kier molecular flexibility index (Phi) is 5.99. The van der Waals surface area contributed by atoms with Gasteiger partial charge in [0, 0.05) is 49.7 Å². The van der Waals surface area contributed by atoms with Crippen molar-refractivity contribution < 1.29 is 9.13 Å². The van der Waals surface area contributed by atoms with Gasteiger partial charge in [0.15, 0.2) is 0 Å². The zero-order chi connectivity index (χ0) is 21.1. The zero-order valence-electron chi connectivity index (χ0n) is 17.7. The summed E-state index contributed by atoms with van der Waals surface area (Å²) in [5, 5.41) is 4.48. The largest absolute Gasteiger partial charge is 0.496 e.